The third-order valence-electron chi connectivity index (χ3n) is 3.02. The van der Waals surface area contributed by atoms with Gasteiger partial charge in [0, 0.05) is 11.5 Å². The first-order chi connectivity index (χ1) is 7.11. The summed E-state index contributed by atoms with van der Waals surface area (Å²) in [5.41, 5.74) is 2.56. The molecule has 1 aromatic rings. The second kappa shape index (κ2) is 3.61. The van der Waals surface area contributed by atoms with E-state index in [1.54, 1.807) is 6.07 Å². The molecule has 15 heavy (non-hydrogen) atoms. The number of aryl methyl sites for hydroxylation is 1. The van der Waals surface area contributed by atoms with Crippen molar-refractivity contribution < 1.29 is 9.59 Å². The van der Waals surface area contributed by atoms with E-state index in [1.165, 1.54) is 0 Å². The highest BCUT2D eigenvalue weighted by Gasteiger charge is 2.34. The number of carbonyl (C=O) groups is 2. The molecule has 2 heteroatoms. The number of carbonyl (C=O) groups excluding carboxylic acids is 2. The minimum absolute atomic E-state index is 0.0115. The summed E-state index contributed by atoms with van der Waals surface area (Å²) in [6, 6.07) is 5.52. The fraction of sp³-hybridized carbons (Fsp3) is 0.385. The van der Waals surface area contributed by atoms with Crippen LogP contribution in [-0.4, -0.2) is 11.6 Å². The Morgan fingerprint density at radius 3 is 2.47 bits per heavy atom. The highest BCUT2D eigenvalue weighted by molar-refractivity contribution is 6.45. The van der Waals surface area contributed by atoms with Gasteiger partial charge in [-0.15, -0.1) is 0 Å². The van der Waals surface area contributed by atoms with Crippen LogP contribution in [0.4, 0.5) is 0 Å². The normalized spacial score (nSPS) is 15.1. The Labute approximate surface area is 89.3 Å². The molecule has 0 atom stereocenters. The molecule has 1 aliphatic rings. The fourth-order valence-electron chi connectivity index (χ4n) is 1.66. The summed E-state index contributed by atoms with van der Waals surface area (Å²) < 4.78 is 0. The third-order valence-corrected chi connectivity index (χ3v) is 3.02. The number of Topliss-reactive ketones (excluding diaryl/α,β-unsaturated/α-hetero) is 2. The van der Waals surface area contributed by atoms with Crippen molar-refractivity contribution in [2.24, 2.45) is 5.92 Å². The van der Waals surface area contributed by atoms with Crippen LogP contribution in [0.1, 0.15) is 34.3 Å². The van der Waals surface area contributed by atoms with Gasteiger partial charge in [-0.25, -0.2) is 0 Å². The zero-order valence-corrected chi connectivity index (χ0v) is 9.04. The molecular formula is C13H14O2. The van der Waals surface area contributed by atoms with Crippen LogP contribution in [0.5, 0.6) is 0 Å². The first-order valence-electron chi connectivity index (χ1n) is 5.26. The lowest BCUT2D eigenvalue weighted by Crippen LogP contribution is -2.17. The second-order valence-electron chi connectivity index (χ2n) is 4.22. The molecule has 0 saturated heterocycles. The van der Waals surface area contributed by atoms with Crippen LogP contribution in [0, 0.1) is 19.8 Å². The summed E-state index contributed by atoms with van der Waals surface area (Å²) in [7, 11) is 0. The predicted octanol–water partition coefficient (Wildman–Crippen LogP) is 2.47. The van der Waals surface area contributed by atoms with Gasteiger partial charge < -0.3 is 0 Å². The van der Waals surface area contributed by atoms with Gasteiger partial charge in [0.05, 0.1) is 0 Å². The van der Waals surface area contributed by atoms with Crippen LogP contribution in [0.2, 0.25) is 0 Å². The van der Waals surface area contributed by atoms with Gasteiger partial charge in [-0.2, -0.15) is 0 Å². The maximum absolute atomic E-state index is 11.8. The summed E-state index contributed by atoms with van der Waals surface area (Å²) in [4.78, 5) is 23.5. The molecule has 1 fully saturated rings. The van der Waals surface area contributed by atoms with Crippen molar-refractivity contribution in [3.63, 3.8) is 0 Å². The van der Waals surface area contributed by atoms with Gasteiger partial charge in [0.1, 0.15) is 0 Å². The van der Waals surface area contributed by atoms with Gasteiger partial charge in [-0.1, -0.05) is 18.2 Å². The van der Waals surface area contributed by atoms with E-state index in [9.17, 15) is 9.59 Å². The van der Waals surface area contributed by atoms with Gasteiger partial charge in [0.2, 0.25) is 11.6 Å². The van der Waals surface area contributed by atoms with Crippen molar-refractivity contribution in [3.8, 4) is 0 Å². The van der Waals surface area contributed by atoms with E-state index in [1.807, 2.05) is 26.0 Å². The zero-order chi connectivity index (χ0) is 11.0. The molecule has 0 heterocycles. The molecule has 2 rings (SSSR count). The van der Waals surface area contributed by atoms with Crippen LogP contribution in [0.15, 0.2) is 18.2 Å². The third kappa shape index (κ3) is 1.84. The monoisotopic (exact) mass is 202 g/mol. The largest absolute Gasteiger partial charge is 0.290 e. The standard InChI is InChI=1S/C13H14O2/c1-8-4-3-5-11(9(8)2)13(15)12(14)10-6-7-10/h3-5,10H,6-7H2,1-2H3. The lowest BCUT2D eigenvalue weighted by atomic mass is 9.97. The summed E-state index contributed by atoms with van der Waals surface area (Å²) >= 11 is 0. The molecule has 0 spiro atoms. The van der Waals surface area contributed by atoms with Gasteiger partial charge in [-0.05, 0) is 37.8 Å². The number of ketones is 2. The molecule has 1 aliphatic carbocycles. The molecule has 1 saturated carbocycles. The number of benzene rings is 1. The Morgan fingerprint density at radius 1 is 1.20 bits per heavy atom. The molecule has 0 radical (unpaired) electrons. The average molecular weight is 202 g/mol. The molecule has 1 aromatic carbocycles. The Morgan fingerprint density at radius 2 is 1.87 bits per heavy atom. The first kappa shape index (κ1) is 10.1. The van der Waals surface area contributed by atoms with E-state index in [0.29, 0.717) is 5.56 Å². The Balaban J connectivity index is 2.32. The molecule has 0 amide bonds. The van der Waals surface area contributed by atoms with Gasteiger partial charge in [-0.3, -0.25) is 9.59 Å². The average Bonchev–Trinajstić information content (AvgIpc) is 3.03. The van der Waals surface area contributed by atoms with Crippen molar-refractivity contribution in [3.05, 3.63) is 34.9 Å². The maximum Gasteiger partial charge on any atom is 0.229 e. The van der Waals surface area contributed by atoms with E-state index in [0.717, 1.165) is 24.0 Å². The number of hydrogen-bond donors (Lipinski definition) is 0. The first-order valence-corrected chi connectivity index (χ1v) is 5.26. The molecule has 78 valence electrons. The van der Waals surface area contributed by atoms with Crippen LogP contribution in [0.25, 0.3) is 0 Å². The Bertz CT molecular complexity index is 428. The molecular weight excluding hydrogens is 188 g/mol. The van der Waals surface area contributed by atoms with Crippen LogP contribution in [0.3, 0.4) is 0 Å². The molecule has 0 N–H and O–H groups in total. The smallest absolute Gasteiger partial charge is 0.229 e. The topological polar surface area (TPSA) is 34.1 Å². The minimum Gasteiger partial charge on any atom is -0.290 e. The molecule has 0 unspecified atom stereocenters. The van der Waals surface area contributed by atoms with Crippen molar-refractivity contribution in [1.29, 1.82) is 0 Å². The van der Waals surface area contributed by atoms with Gasteiger partial charge >= 0.3 is 0 Å². The van der Waals surface area contributed by atoms with Crippen LogP contribution in [-0.2, 0) is 4.79 Å². The lowest BCUT2D eigenvalue weighted by molar-refractivity contribution is -0.116. The molecule has 0 aliphatic heterocycles. The van der Waals surface area contributed by atoms with Crippen molar-refractivity contribution in [2.75, 3.05) is 0 Å². The van der Waals surface area contributed by atoms with E-state index in [2.05, 4.69) is 0 Å². The Hall–Kier alpha value is -1.44. The molecule has 0 bridgehead atoms. The van der Waals surface area contributed by atoms with Crippen molar-refractivity contribution >= 4 is 11.6 Å². The fourth-order valence-corrected chi connectivity index (χ4v) is 1.66. The highest BCUT2D eigenvalue weighted by Crippen LogP contribution is 2.31. The van der Waals surface area contributed by atoms with Gasteiger partial charge in [0.25, 0.3) is 0 Å². The van der Waals surface area contributed by atoms with Crippen LogP contribution < -0.4 is 0 Å². The van der Waals surface area contributed by atoms with E-state index in [4.69, 9.17) is 0 Å². The molecule has 0 aromatic heterocycles. The highest BCUT2D eigenvalue weighted by atomic mass is 16.2. The van der Waals surface area contributed by atoms with E-state index >= 15 is 0 Å². The summed E-state index contributed by atoms with van der Waals surface area (Å²) in [6.07, 6.45) is 1.77. The summed E-state index contributed by atoms with van der Waals surface area (Å²) in [5, 5.41) is 0. The second-order valence-corrected chi connectivity index (χ2v) is 4.22. The predicted molar refractivity (Wildman–Crippen MR) is 58.0 cm³/mol. The summed E-state index contributed by atoms with van der Waals surface area (Å²) in [6.45, 7) is 3.84. The summed E-state index contributed by atoms with van der Waals surface area (Å²) in [5.74, 6) is -0.500. The lowest BCUT2D eigenvalue weighted by Gasteiger charge is -2.06. The number of hydrogen-bond acceptors (Lipinski definition) is 2. The van der Waals surface area contributed by atoms with Gasteiger partial charge in [0.15, 0.2) is 0 Å². The van der Waals surface area contributed by atoms with Crippen LogP contribution >= 0.6 is 0 Å². The zero-order valence-electron chi connectivity index (χ0n) is 9.04. The van der Waals surface area contributed by atoms with Crippen molar-refractivity contribution in [1.82, 2.24) is 0 Å². The van der Waals surface area contributed by atoms with Crippen molar-refractivity contribution in [2.45, 2.75) is 26.7 Å². The van der Waals surface area contributed by atoms with E-state index < -0.39 is 0 Å². The van der Waals surface area contributed by atoms with E-state index in [-0.39, 0.29) is 17.5 Å². The minimum atomic E-state index is -0.307. The Kier molecular flexibility index (Phi) is 2.43. The molecule has 2 nitrogen and oxygen atoms in total. The SMILES string of the molecule is Cc1cccc(C(=O)C(=O)C2CC2)c1C. The maximum atomic E-state index is 11.8. The number of rotatable bonds is 3. The quantitative estimate of drug-likeness (QED) is 0.557.